The molecule has 1 aromatic rings. The molecule has 0 bridgehead atoms. The van der Waals surface area contributed by atoms with Gasteiger partial charge in [-0.15, -0.1) is 5.73 Å². The summed E-state index contributed by atoms with van der Waals surface area (Å²) in [4.78, 5) is 1.71. The lowest BCUT2D eigenvalue weighted by Gasteiger charge is -1.85. The van der Waals surface area contributed by atoms with Gasteiger partial charge in [0.05, 0.1) is 0 Å². The summed E-state index contributed by atoms with van der Waals surface area (Å²) in [6.07, 6.45) is 1.91. The molecule has 0 saturated carbocycles. The zero-order chi connectivity index (χ0) is 7.23. The molecule has 0 saturated heterocycles. The van der Waals surface area contributed by atoms with E-state index in [2.05, 4.69) is 21.7 Å². The van der Waals surface area contributed by atoms with E-state index in [1.54, 1.807) is 4.99 Å². The van der Waals surface area contributed by atoms with Crippen LogP contribution in [0.25, 0.3) is 6.08 Å². The lowest BCUT2D eigenvalue weighted by atomic mass is 10.2. The zero-order valence-corrected chi connectivity index (χ0v) is 7.01. The molecule has 0 fully saturated rings. The van der Waals surface area contributed by atoms with Crippen LogP contribution in [0.5, 0.6) is 0 Å². The molecule has 0 aliphatic carbocycles. The topological polar surface area (TPSA) is 0 Å². The Morgan fingerprint density at radius 2 is 1.90 bits per heavy atom. The van der Waals surface area contributed by atoms with Crippen LogP contribution in [0, 0.1) is 0 Å². The largest absolute Gasteiger partial charge is 0.113 e. The SMILES string of the molecule is BrC=C=Cc1ccccc1. The molecule has 0 radical (unpaired) electrons. The monoisotopic (exact) mass is 194 g/mol. The first kappa shape index (κ1) is 7.33. The predicted molar refractivity (Wildman–Crippen MR) is 47.9 cm³/mol. The number of hydrogen-bond acceptors (Lipinski definition) is 0. The maximum atomic E-state index is 3.14. The standard InChI is InChI=1S/C9H7Br/c10-8-4-7-9-5-2-1-3-6-9/h1-3,5-8H. The Bertz CT molecular complexity index is 243. The van der Waals surface area contributed by atoms with Crippen LogP contribution in [0.4, 0.5) is 0 Å². The Hall–Kier alpha value is -0.780. The van der Waals surface area contributed by atoms with Crippen LogP contribution in [-0.2, 0) is 0 Å². The van der Waals surface area contributed by atoms with Gasteiger partial charge < -0.3 is 0 Å². The molecule has 1 aromatic carbocycles. The van der Waals surface area contributed by atoms with E-state index in [0.717, 1.165) is 0 Å². The van der Waals surface area contributed by atoms with Crippen LogP contribution in [0.2, 0.25) is 0 Å². The van der Waals surface area contributed by atoms with E-state index in [0.29, 0.717) is 0 Å². The molecular formula is C9H7Br. The maximum Gasteiger partial charge on any atom is 0.0232 e. The molecule has 50 valence electrons. The number of halogens is 1. The molecule has 1 heteroatoms. The van der Waals surface area contributed by atoms with E-state index in [4.69, 9.17) is 0 Å². The molecule has 1 rings (SSSR count). The van der Waals surface area contributed by atoms with Gasteiger partial charge in [0.15, 0.2) is 0 Å². The Kier molecular flexibility index (Phi) is 3.01. The summed E-state index contributed by atoms with van der Waals surface area (Å²) < 4.78 is 0. The highest BCUT2D eigenvalue weighted by atomic mass is 79.9. The minimum absolute atomic E-state index is 1.16. The summed E-state index contributed by atoms with van der Waals surface area (Å²) in [5.41, 5.74) is 4.10. The fourth-order valence-electron chi connectivity index (χ4n) is 0.677. The summed E-state index contributed by atoms with van der Waals surface area (Å²) in [5, 5.41) is 0. The molecule has 0 amide bonds. The lowest BCUT2D eigenvalue weighted by Crippen LogP contribution is -1.64. The van der Waals surface area contributed by atoms with Crippen LogP contribution in [0.3, 0.4) is 0 Å². The van der Waals surface area contributed by atoms with Crippen molar-refractivity contribution >= 4 is 22.0 Å². The Labute approximate surface area is 69.0 Å². The highest BCUT2D eigenvalue weighted by Gasteiger charge is 1.77. The van der Waals surface area contributed by atoms with Gasteiger partial charge in [0.2, 0.25) is 0 Å². The fraction of sp³-hybridized carbons (Fsp3) is 0. The van der Waals surface area contributed by atoms with E-state index >= 15 is 0 Å². The summed E-state index contributed by atoms with van der Waals surface area (Å²) >= 11 is 3.14. The van der Waals surface area contributed by atoms with Gasteiger partial charge in [-0.2, -0.15) is 0 Å². The van der Waals surface area contributed by atoms with Gasteiger partial charge in [-0.25, -0.2) is 0 Å². The zero-order valence-electron chi connectivity index (χ0n) is 5.42. The molecule has 0 nitrogen and oxygen atoms in total. The summed E-state index contributed by atoms with van der Waals surface area (Å²) in [7, 11) is 0. The van der Waals surface area contributed by atoms with Gasteiger partial charge in [-0.05, 0) is 11.6 Å². The molecule has 0 atom stereocenters. The third-order valence-corrected chi connectivity index (χ3v) is 1.38. The number of benzene rings is 1. The van der Waals surface area contributed by atoms with E-state index in [9.17, 15) is 0 Å². The molecule has 10 heavy (non-hydrogen) atoms. The van der Waals surface area contributed by atoms with E-state index in [-0.39, 0.29) is 0 Å². The quantitative estimate of drug-likeness (QED) is 0.603. The first-order valence-electron chi connectivity index (χ1n) is 2.99. The molecule has 0 N–H and O–H groups in total. The van der Waals surface area contributed by atoms with Crippen LogP contribution in [0.1, 0.15) is 5.56 Å². The minimum atomic E-state index is 1.16. The average molecular weight is 195 g/mol. The van der Waals surface area contributed by atoms with Crippen molar-refractivity contribution in [2.45, 2.75) is 0 Å². The molecule has 0 unspecified atom stereocenters. The van der Waals surface area contributed by atoms with Crippen LogP contribution >= 0.6 is 15.9 Å². The second-order valence-electron chi connectivity index (χ2n) is 1.83. The van der Waals surface area contributed by atoms with Crippen molar-refractivity contribution in [3.05, 3.63) is 46.6 Å². The Balaban J connectivity index is 2.87. The summed E-state index contributed by atoms with van der Waals surface area (Å²) in [6, 6.07) is 10.1. The number of rotatable bonds is 1. The van der Waals surface area contributed by atoms with Crippen molar-refractivity contribution in [3.63, 3.8) is 0 Å². The van der Waals surface area contributed by atoms with Crippen LogP contribution in [-0.4, -0.2) is 0 Å². The Morgan fingerprint density at radius 1 is 1.20 bits per heavy atom. The highest BCUT2D eigenvalue weighted by Crippen LogP contribution is 1.99. The Morgan fingerprint density at radius 3 is 2.50 bits per heavy atom. The first-order valence-corrected chi connectivity index (χ1v) is 3.91. The molecular weight excluding hydrogens is 188 g/mol. The van der Waals surface area contributed by atoms with Crippen molar-refractivity contribution in [3.8, 4) is 0 Å². The van der Waals surface area contributed by atoms with E-state index in [1.807, 2.05) is 36.4 Å². The maximum absolute atomic E-state index is 3.14. The van der Waals surface area contributed by atoms with Crippen molar-refractivity contribution in [2.75, 3.05) is 0 Å². The van der Waals surface area contributed by atoms with E-state index in [1.165, 1.54) is 5.56 Å². The van der Waals surface area contributed by atoms with Gasteiger partial charge >= 0.3 is 0 Å². The third-order valence-electron chi connectivity index (χ3n) is 1.11. The van der Waals surface area contributed by atoms with Gasteiger partial charge in [0.25, 0.3) is 0 Å². The van der Waals surface area contributed by atoms with E-state index < -0.39 is 0 Å². The molecule has 0 aromatic heterocycles. The van der Waals surface area contributed by atoms with Crippen LogP contribution < -0.4 is 0 Å². The normalized spacial score (nSPS) is 8.10. The van der Waals surface area contributed by atoms with Gasteiger partial charge in [0, 0.05) is 4.99 Å². The third kappa shape index (κ3) is 2.22. The van der Waals surface area contributed by atoms with Gasteiger partial charge in [-0.1, -0.05) is 46.3 Å². The average Bonchev–Trinajstić information content (AvgIpc) is 2.03. The minimum Gasteiger partial charge on any atom is -0.113 e. The fourth-order valence-corrected chi connectivity index (χ4v) is 0.809. The van der Waals surface area contributed by atoms with Crippen molar-refractivity contribution in [1.29, 1.82) is 0 Å². The van der Waals surface area contributed by atoms with Gasteiger partial charge in [0.1, 0.15) is 0 Å². The highest BCUT2D eigenvalue weighted by molar-refractivity contribution is 9.11. The lowest BCUT2D eigenvalue weighted by molar-refractivity contribution is 1.66. The molecule has 0 spiro atoms. The second-order valence-corrected chi connectivity index (χ2v) is 2.29. The molecule has 0 aliphatic heterocycles. The first-order chi connectivity index (χ1) is 4.93. The molecule has 0 heterocycles. The van der Waals surface area contributed by atoms with Gasteiger partial charge in [-0.3, -0.25) is 0 Å². The van der Waals surface area contributed by atoms with Crippen molar-refractivity contribution in [1.82, 2.24) is 0 Å². The smallest absolute Gasteiger partial charge is 0.0232 e. The predicted octanol–water partition coefficient (Wildman–Crippen LogP) is 3.21. The van der Waals surface area contributed by atoms with Crippen molar-refractivity contribution < 1.29 is 0 Å². The van der Waals surface area contributed by atoms with Crippen molar-refractivity contribution in [2.24, 2.45) is 0 Å². The summed E-state index contributed by atoms with van der Waals surface area (Å²) in [5.74, 6) is 0. The number of hydrogen-bond donors (Lipinski definition) is 0. The molecule has 0 aliphatic rings. The summed E-state index contributed by atoms with van der Waals surface area (Å²) in [6.45, 7) is 0. The van der Waals surface area contributed by atoms with Crippen LogP contribution in [0.15, 0.2) is 41.0 Å². The second kappa shape index (κ2) is 4.10.